The quantitative estimate of drug-likeness (QED) is 0.360. The lowest BCUT2D eigenvalue weighted by atomic mass is 10.4. The van der Waals surface area contributed by atoms with E-state index in [0.29, 0.717) is 11.4 Å². The summed E-state index contributed by atoms with van der Waals surface area (Å²) >= 11 is 5.73. The lowest BCUT2D eigenvalue weighted by Gasteiger charge is -2.20. The van der Waals surface area contributed by atoms with Crippen LogP contribution in [0.3, 0.4) is 0 Å². The summed E-state index contributed by atoms with van der Waals surface area (Å²) in [5, 5.41) is 11.8. The van der Waals surface area contributed by atoms with Crippen LogP contribution in [0.15, 0.2) is 34.3 Å². The van der Waals surface area contributed by atoms with Gasteiger partial charge in [-0.25, -0.2) is 8.42 Å². The molecule has 0 heterocycles. The van der Waals surface area contributed by atoms with Crippen LogP contribution in [0, 0.1) is 0 Å². The largest absolute Gasteiger partial charge is 0.409 e. The average molecular weight is 306 g/mol. The van der Waals surface area contributed by atoms with Gasteiger partial charge in [-0.2, -0.15) is 4.31 Å². The number of amidine groups is 1. The van der Waals surface area contributed by atoms with Crippen molar-refractivity contribution < 1.29 is 13.6 Å². The van der Waals surface area contributed by atoms with E-state index in [9.17, 15) is 8.42 Å². The Labute approximate surface area is 117 Å². The maximum atomic E-state index is 12.4. The molecule has 1 rings (SSSR count). The number of oxime groups is 1. The van der Waals surface area contributed by atoms with Gasteiger partial charge in [0.05, 0.1) is 11.4 Å². The first-order valence-electron chi connectivity index (χ1n) is 5.64. The minimum absolute atomic E-state index is 0.121. The van der Waals surface area contributed by atoms with Gasteiger partial charge in [0.25, 0.3) is 0 Å². The summed E-state index contributed by atoms with van der Waals surface area (Å²) in [5.41, 5.74) is 5.38. The second-order valence-corrected chi connectivity index (χ2v) is 6.26. The Morgan fingerprint density at radius 2 is 2.00 bits per heavy atom. The van der Waals surface area contributed by atoms with Gasteiger partial charge in [-0.1, -0.05) is 23.7 Å². The van der Waals surface area contributed by atoms with Gasteiger partial charge in [-0.3, -0.25) is 0 Å². The molecule has 1 aromatic carbocycles. The molecule has 0 spiro atoms. The Morgan fingerprint density at radius 3 is 2.47 bits per heavy atom. The number of hydrogen-bond acceptors (Lipinski definition) is 4. The fraction of sp³-hybridized carbons (Fsp3) is 0.364. The first-order valence-corrected chi connectivity index (χ1v) is 7.45. The highest BCUT2D eigenvalue weighted by atomic mass is 35.5. The minimum Gasteiger partial charge on any atom is -0.409 e. The molecule has 0 saturated heterocycles. The first kappa shape index (κ1) is 15.7. The maximum absolute atomic E-state index is 12.4. The molecule has 0 aliphatic heterocycles. The molecule has 0 atom stereocenters. The molecule has 19 heavy (non-hydrogen) atoms. The van der Waals surface area contributed by atoms with Crippen LogP contribution >= 0.6 is 11.6 Å². The normalized spacial score (nSPS) is 12.9. The van der Waals surface area contributed by atoms with Crippen molar-refractivity contribution in [1.82, 2.24) is 4.31 Å². The molecule has 106 valence electrons. The molecule has 0 unspecified atom stereocenters. The summed E-state index contributed by atoms with van der Waals surface area (Å²) in [5.74, 6) is -0.161. The van der Waals surface area contributed by atoms with Crippen LogP contribution in [0.1, 0.15) is 13.3 Å². The Morgan fingerprint density at radius 1 is 1.42 bits per heavy atom. The number of nitrogens with two attached hydrogens (primary N) is 1. The molecular formula is C11H16ClN3O3S. The van der Waals surface area contributed by atoms with Gasteiger partial charge in [0.2, 0.25) is 10.0 Å². The van der Waals surface area contributed by atoms with Crippen molar-refractivity contribution in [2.24, 2.45) is 10.9 Å². The maximum Gasteiger partial charge on any atom is 0.243 e. The molecule has 6 nitrogen and oxygen atoms in total. The van der Waals surface area contributed by atoms with E-state index in [0.717, 1.165) is 4.31 Å². The SMILES string of the molecule is CCCN(CC(N)=NO)S(=O)(=O)c1ccc(Cl)cc1. The predicted molar refractivity (Wildman–Crippen MR) is 73.9 cm³/mol. The highest BCUT2D eigenvalue weighted by molar-refractivity contribution is 7.89. The highest BCUT2D eigenvalue weighted by Gasteiger charge is 2.24. The van der Waals surface area contributed by atoms with Crippen LogP contribution in [-0.2, 0) is 10.0 Å². The van der Waals surface area contributed by atoms with Crippen LogP contribution in [0.25, 0.3) is 0 Å². The van der Waals surface area contributed by atoms with Crippen molar-refractivity contribution in [3.8, 4) is 0 Å². The van der Waals surface area contributed by atoms with Crippen LogP contribution in [0.5, 0.6) is 0 Å². The van der Waals surface area contributed by atoms with Gasteiger partial charge in [0, 0.05) is 11.6 Å². The molecule has 1 aromatic rings. The molecule has 0 radical (unpaired) electrons. The minimum atomic E-state index is -3.68. The molecule has 0 amide bonds. The van der Waals surface area contributed by atoms with Gasteiger partial charge in [-0.15, -0.1) is 0 Å². The Bertz CT molecular complexity index is 543. The molecule has 0 fully saturated rings. The van der Waals surface area contributed by atoms with Gasteiger partial charge in [0.15, 0.2) is 5.84 Å². The van der Waals surface area contributed by atoms with Crippen molar-refractivity contribution in [2.75, 3.05) is 13.1 Å². The Kier molecular flexibility index (Phi) is 5.59. The second-order valence-electron chi connectivity index (χ2n) is 3.88. The molecular weight excluding hydrogens is 290 g/mol. The average Bonchev–Trinajstić information content (AvgIpc) is 2.38. The van der Waals surface area contributed by atoms with E-state index in [1.807, 2.05) is 6.92 Å². The molecule has 0 saturated carbocycles. The smallest absolute Gasteiger partial charge is 0.243 e. The van der Waals surface area contributed by atoms with E-state index in [2.05, 4.69) is 5.16 Å². The fourth-order valence-electron chi connectivity index (χ4n) is 1.50. The van der Waals surface area contributed by atoms with Gasteiger partial charge < -0.3 is 10.9 Å². The summed E-state index contributed by atoms with van der Waals surface area (Å²) < 4.78 is 25.9. The molecule has 8 heteroatoms. The van der Waals surface area contributed by atoms with Crippen molar-refractivity contribution in [1.29, 1.82) is 0 Å². The van der Waals surface area contributed by atoms with Gasteiger partial charge in [0.1, 0.15) is 0 Å². The number of hydrogen-bond donors (Lipinski definition) is 2. The van der Waals surface area contributed by atoms with Crippen LogP contribution < -0.4 is 5.73 Å². The fourth-order valence-corrected chi connectivity index (χ4v) is 3.13. The monoisotopic (exact) mass is 305 g/mol. The van der Waals surface area contributed by atoms with Crippen molar-refractivity contribution in [3.05, 3.63) is 29.3 Å². The Hall–Kier alpha value is -1.31. The zero-order valence-corrected chi connectivity index (χ0v) is 12.0. The van der Waals surface area contributed by atoms with E-state index in [1.165, 1.54) is 24.3 Å². The first-order chi connectivity index (χ1) is 8.91. The predicted octanol–water partition coefficient (Wildman–Crippen LogP) is 1.49. The van der Waals surface area contributed by atoms with Crippen molar-refractivity contribution in [3.63, 3.8) is 0 Å². The third-order valence-electron chi connectivity index (χ3n) is 2.39. The highest BCUT2D eigenvalue weighted by Crippen LogP contribution is 2.18. The number of halogens is 1. The summed E-state index contributed by atoms with van der Waals surface area (Å²) in [4.78, 5) is 0.121. The van der Waals surface area contributed by atoms with E-state index < -0.39 is 10.0 Å². The number of rotatable bonds is 6. The number of benzene rings is 1. The molecule has 0 aliphatic rings. The topological polar surface area (TPSA) is 96.0 Å². The van der Waals surface area contributed by atoms with Crippen LogP contribution in [-0.4, -0.2) is 36.9 Å². The lowest BCUT2D eigenvalue weighted by molar-refractivity contribution is 0.314. The van der Waals surface area contributed by atoms with Crippen molar-refractivity contribution in [2.45, 2.75) is 18.2 Å². The van der Waals surface area contributed by atoms with E-state index in [-0.39, 0.29) is 23.8 Å². The lowest BCUT2D eigenvalue weighted by Crippen LogP contribution is -2.39. The zero-order chi connectivity index (χ0) is 14.5. The van der Waals surface area contributed by atoms with Crippen LogP contribution in [0.4, 0.5) is 0 Å². The molecule has 0 aromatic heterocycles. The van der Waals surface area contributed by atoms with E-state index in [4.69, 9.17) is 22.5 Å². The molecule has 3 N–H and O–H groups in total. The number of nitrogens with zero attached hydrogens (tertiary/aromatic N) is 2. The van der Waals surface area contributed by atoms with Gasteiger partial charge >= 0.3 is 0 Å². The van der Waals surface area contributed by atoms with Crippen molar-refractivity contribution >= 4 is 27.5 Å². The zero-order valence-electron chi connectivity index (χ0n) is 10.5. The summed E-state index contributed by atoms with van der Waals surface area (Å²) in [6.07, 6.45) is 0.617. The second kappa shape index (κ2) is 6.74. The van der Waals surface area contributed by atoms with Crippen LogP contribution in [0.2, 0.25) is 5.02 Å². The van der Waals surface area contributed by atoms with E-state index >= 15 is 0 Å². The standard InChI is InChI=1S/C11H16ClN3O3S/c1-2-7-15(8-11(13)14-16)19(17,18)10-5-3-9(12)4-6-10/h3-6,16H,2,7-8H2,1H3,(H2,13,14). The van der Waals surface area contributed by atoms with Gasteiger partial charge in [-0.05, 0) is 30.7 Å². The summed E-state index contributed by atoms with van der Waals surface area (Å²) in [7, 11) is -3.68. The molecule has 0 aliphatic carbocycles. The number of sulfonamides is 1. The third-order valence-corrected chi connectivity index (χ3v) is 4.50. The summed E-state index contributed by atoms with van der Waals surface area (Å²) in [6, 6.07) is 5.85. The van der Waals surface area contributed by atoms with E-state index in [1.54, 1.807) is 0 Å². The molecule has 0 bridgehead atoms. The Balaban J connectivity index is 3.08. The third kappa shape index (κ3) is 4.09. The summed E-state index contributed by atoms with van der Waals surface area (Å²) in [6.45, 7) is 1.97.